The van der Waals surface area contributed by atoms with Gasteiger partial charge in [0.15, 0.2) is 0 Å². The molecule has 27 heavy (non-hydrogen) atoms. The van der Waals surface area contributed by atoms with Crippen LogP contribution in [0.2, 0.25) is 0 Å². The van der Waals surface area contributed by atoms with Gasteiger partial charge in [0.25, 0.3) is 5.91 Å². The molecule has 0 aliphatic rings. The van der Waals surface area contributed by atoms with Gasteiger partial charge in [-0.3, -0.25) is 10.2 Å². The van der Waals surface area contributed by atoms with Gasteiger partial charge in [-0.2, -0.15) is 0 Å². The summed E-state index contributed by atoms with van der Waals surface area (Å²) in [5.74, 6) is -0.686. The van der Waals surface area contributed by atoms with Gasteiger partial charge >= 0.3 is 12.2 Å². The van der Waals surface area contributed by atoms with E-state index < -0.39 is 29.7 Å². The zero-order valence-electron chi connectivity index (χ0n) is 16.0. The molecule has 0 saturated heterocycles. The second-order valence-corrected chi connectivity index (χ2v) is 6.79. The highest BCUT2D eigenvalue weighted by Crippen LogP contribution is 2.07. The molecule has 9 nitrogen and oxygen atoms in total. The molecule has 3 amide bonds. The number of hydrazine groups is 1. The Kier molecular flexibility index (Phi) is 8.53. The molecule has 0 saturated carbocycles. The number of aliphatic hydroxyl groups excluding tert-OH is 1. The fourth-order valence-corrected chi connectivity index (χ4v) is 1.95. The van der Waals surface area contributed by atoms with Crippen molar-refractivity contribution >= 4 is 18.1 Å². The first-order chi connectivity index (χ1) is 12.6. The largest absolute Gasteiger partial charge is 0.444 e. The van der Waals surface area contributed by atoms with Gasteiger partial charge in [0, 0.05) is 13.7 Å². The molecule has 9 heteroatoms. The topological polar surface area (TPSA) is 117 Å². The second-order valence-electron chi connectivity index (χ2n) is 6.79. The molecular formula is C18H27N3O6. The summed E-state index contributed by atoms with van der Waals surface area (Å²) >= 11 is 0. The predicted octanol–water partition coefficient (Wildman–Crippen LogP) is 1.56. The normalized spacial score (nSPS) is 11.9. The molecule has 0 aliphatic carbocycles. The minimum absolute atomic E-state index is 0.0437. The van der Waals surface area contributed by atoms with Crippen LogP contribution < -0.4 is 10.7 Å². The Bertz CT molecular complexity index is 630. The molecule has 1 rings (SSSR count). The molecule has 1 aromatic carbocycles. The number of amides is 3. The van der Waals surface area contributed by atoms with Crippen molar-refractivity contribution in [1.82, 2.24) is 15.8 Å². The number of ether oxygens (including phenoxy) is 2. The van der Waals surface area contributed by atoms with Crippen molar-refractivity contribution < 1.29 is 29.0 Å². The van der Waals surface area contributed by atoms with E-state index in [0.717, 1.165) is 10.6 Å². The lowest BCUT2D eigenvalue weighted by Crippen LogP contribution is -2.53. The van der Waals surface area contributed by atoms with Crippen molar-refractivity contribution in [2.45, 2.75) is 45.4 Å². The predicted molar refractivity (Wildman–Crippen MR) is 97.4 cm³/mol. The third kappa shape index (κ3) is 8.91. The zero-order chi connectivity index (χ0) is 20.4. The van der Waals surface area contributed by atoms with E-state index in [1.54, 1.807) is 32.9 Å². The Hall–Kier alpha value is -2.81. The third-order valence-electron chi connectivity index (χ3n) is 3.18. The maximum atomic E-state index is 12.3. The molecule has 0 aliphatic heterocycles. The second kappa shape index (κ2) is 10.4. The number of hydrogen-bond acceptors (Lipinski definition) is 6. The number of carbonyl (C=O) groups is 3. The summed E-state index contributed by atoms with van der Waals surface area (Å²) in [5.41, 5.74) is 2.37. The van der Waals surface area contributed by atoms with E-state index in [9.17, 15) is 14.4 Å². The monoisotopic (exact) mass is 381 g/mol. The number of nitrogens with zero attached hydrogens (tertiary/aromatic N) is 1. The smallest absolute Gasteiger partial charge is 0.428 e. The van der Waals surface area contributed by atoms with Crippen molar-refractivity contribution in [3.8, 4) is 0 Å². The first kappa shape index (κ1) is 22.2. The van der Waals surface area contributed by atoms with Crippen LogP contribution in [0.4, 0.5) is 9.59 Å². The van der Waals surface area contributed by atoms with Crippen LogP contribution in [0, 0.1) is 0 Å². The van der Waals surface area contributed by atoms with Gasteiger partial charge in [-0.25, -0.2) is 14.6 Å². The molecule has 0 unspecified atom stereocenters. The highest BCUT2D eigenvalue weighted by molar-refractivity contribution is 5.86. The lowest BCUT2D eigenvalue weighted by molar-refractivity contribution is -0.127. The van der Waals surface area contributed by atoms with E-state index >= 15 is 0 Å². The maximum Gasteiger partial charge on any atom is 0.428 e. The molecule has 3 N–H and O–H groups in total. The summed E-state index contributed by atoms with van der Waals surface area (Å²) < 4.78 is 10.2. The fourth-order valence-electron chi connectivity index (χ4n) is 1.95. The minimum atomic E-state index is -1.07. The van der Waals surface area contributed by atoms with Gasteiger partial charge in [0.1, 0.15) is 18.2 Å². The molecule has 0 spiro atoms. The van der Waals surface area contributed by atoms with Crippen LogP contribution >= 0.6 is 0 Å². The lowest BCUT2D eigenvalue weighted by atomic mass is 10.2. The summed E-state index contributed by atoms with van der Waals surface area (Å²) in [6.07, 6.45) is -1.62. The van der Waals surface area contributed by atoms with Crippen LogP contribution in [-0.2, 0) is 20.9 Å². The quantitative estimate of drug-likeness (QED) is 0.644. The Morgan fingerprint density at radius 2 is 1.81 bits per heavy atom. The summed E-state index contributed by atoms with van der Waals surface area (Å²) in [5, 5.41) is 12.3. The Labute approximate surface area is 158 Å². The highest BCUT2D eigenvalue weighted by Gasteiger charge is 2.25. The number of nitrogens with one attached hydrogen (secondary N) is 2. The first-order valence-corrected chi connectivity index (χ1v) is 8.47. The Balaban J connectivity index is 2.55. The molecule has 1 atom stereocenters. The minimum Gasteiger partial charge on any atom is -0.444 e. The van der Waals surface area contributed by atoms with Crippen LogP contribution in [0.1, 0.15) is 32.8 Å². The van der Waals surface area contributed by atoms with E-state index in [2.05, 4.69) is 10.7 Å². The molecule has 0 aromatic heterocycles. The SMILES string of the molecule is CN(NC(=O)[C@H](CCO)NC(=O)OC(C)(C)C)C(=O)OCc1ccccc1. The van der Waals surface area contributed by atoms with E-state index in [0.29, 0.717) is 0 Å². The summed E-state index contributed by atoms with van der Waals surface area (Å²) in [6.45, 7) is 4.77. The van der Waals surface area contributed by atoms with Gasteiger partial charge in [-0.05, 0) is 32.8 Å². The third-order valence-corrected chi connectivity index (χ3v) is 3.18. The molecule has 0 heterocycles. The van der Waals surface area contributed by atoms with Crippen LogP contribution in [0.15, 0.2) is 30.3 Å². The van der Waals surface area contributed by atoms with E-state index in [1.807, 2.05) is 18.2 Å². The van der Waals surface area contributed by atoms with E-state index in [4.69, 9.17) is 14.6 Å². The number of alkyl carbamates (subject to hydrolysis) is 1. The average Bonchev–Trinajstić information content (AvgIpc) is 2.58. The lowest BCUT2D eigenvalue weighted by Gasteiger charge is -2.24. The Morgan fingerprint density at radius 1 is 1.19 bits per heavy atom. The van der Waals surface area contributed by atoms with Crippen LogP contribution in [0.5, 0.6) is 0 Å². The van der Waals surface area contributed by atoms with Gasteiger partial charge in [0.05, 0.1) is 0 Å². The molecular weight excluding hydrogens is 354 g/mol. The van der Waals surface area contributed by atoms with Crippen LogP contribution in [-0.4, -0.2) is 53.5 Å². The van der Waals surface area contributed by atoms with Crippen molar-refractivity contribution in [3.63, 3.8) is 0 Å². The van der Waals surface area contributed by atoms with E-state index in [1.165, 1.54) is 7.05 Å². The number of carbonyl (C=O) groups excluding carboxylic acids is 3. The molecule has 150 valence electrons. The van der Waals surface area contributed by atoms with Gasteiger partial charge < -0.3 is 19.9 Å². The standard InChI is InChI=1S/C18H27N3O6/c1-18(2,3)27-16(24)19-14(10-11-22)15(23)20-21(4)17(25)26-12-13-8-6-5-7-9-13/h5-9,14,22H,10-12H2,1-4H3,(H,19,24)(H,20,23)/t14-/m0/s1. The number of aliphatic hydroxyl groups is 1. The van der Waals surface area contributed by atoms with Gasteiger partial charge in [-0.15, -0.1) is 0 Å². The van der Waals surface area contributed by atoms with Crippen molar-refractivity contribution in [3.05, 3.63) is 35.9 Å². The van der Waals surface area contributed by atoms with E-state index in [-0.39, 0.29) is 19.6 Å². The van der Waals surface area contributed by atoms with Crippen LogP contribution in [0.25, 0.3) is 0 Å². The van der Waals surface area contributed by atoms with Crippen LogP contribution in [0.3, 0.4) is 0 Å². The molecule has 0 bridgehead atoms. The fraction of sp³-hybridized carbons (Fsp3) is 0.500. The average molecular weight is 381 g/mol. The molecule has 0 fully saturated rings. The van der Waals surface area contributed by atoms with Crippen molar-refractivity contribution in [2.75, 3.05) is 13.7 Å². The highest BCUT2D eigenvalue weighted by atomic mass is 16.6. The number of rotatable bonds is 6. The Morgan fingerprint density at radius 3 is 2.37 bits per heavy atom. The van der Waals surface area contributed by atoms with Gasteiger partial charge in [0.2, 0.25) is 0 Å². The summed E-state index contributed by atoms with van der Waals surface area (Å²) in [7, 11) is 1.31. The van der Waals surface area contributed by atoms with Crippen molar-refractivity contribution in [2.24, 2.45) is 0 Å². The number of hydrogen-bond donors (Lipinski definition) is 3. The first-order valence-electron chi connectivity index (χ1n) is 8.47. The maximum absolute atomic E-state index is 12.3. The van der Waals surface area contributed by atoms with Crippen molar-refractivity contribution in [1.29, 1.82) is 0 Å². The summed E-state index contributed by atoms with van der Waals surface area (Å²) in [6, 6.07) is 8.00. The zero-order valence-corrected chi connectivity index (χ0v) is 16.0. The summed E-state index contributed by atoms with van der Waals surface area (Å²) in [4.78, 5) is 36.1. The molecule has 0 radical (unpaired) electrons. The number of benzene rings is 1. The molecule has 1 aromatic rings. The van der Waals surface area contributed by atoms with Gasteiger partial charge in [-0.1, -0.05) is 30.3 Å².